The highest BCUT2D eigenvalue weighted by Gasteiger charge is 1.99. The SMILES string of the molecule is CCCOCCOc1cccnc1Cl. The maximum Gasteiger partial charge on any atom is 0.171 e. The van der Waals surface area contributed by atoms with Crippen LogP contribution in [-0.2, 0) is 4.74 Å². The summed E-state index contributed by atoms with van der Waals surface area (Å²) in [6.07, 6.45) is 2.65. The summed E-state index contributed by atoms with van der Waals surface area (Å²) in [7, 11) is 0. The third kappa shape index (κ3) is 3.94. The lowest BCUT2D eigenvalue weighted by Gasteiger charge is -2.06. The van der Waals surface area contributed by atoms with Gasteiger partial charge in [-0.3, -0.25) is 0 Å². The second-order valence-corrected chi connectivity index (χ2v) is 3.11. The molecule has 0 fully saturated rings. The first-order valence-electron chi connectivity index (χ1n) is 4.65. The van der Waals surface area contributed by atoms with Crippen molar-refractivity contribution in [3.63, 3.8) is 0 Å². The second kappa shape index (κ2) is 6.62. The van der Waals surface area contributed by atoms with Gasteiger partial charge < -0.3 is 9.47 Å². The molecule has 0 bridgehead atoms. The van der Waals surface area contributed by atoms with Crippen molar-refractivity contribution in [3.05, 3.63) is 23.5 Å². The predicted molar refractivity (Wildman–Crippen MR) is 55.9 cm³/mol. The zero-order valence-electron chi connectivity index (χ0n) is 8.20. The maximum absolute atomic E-state index is 5.79. The smallest absolute Gasteiger partial charge is 0.171 e. The summed E-state index contributed by atoms with van der Waals surface area (Å²) in [5.74, 6) is 0.606. The minimum absolute atomic E-state index is 0.392. The van der Waals surface area contributed by atoms with Crippen LogP contribution in [0.1, 0.15) is 13.3 Å². The summed E-state index contributed by atoms with van der Waals surface area (Å²) in [5.41, 5.74) is 0. The monoisotopic (exact) mass is 215 g/mol. The molecule has 1 rings (SSSR count). The number of ether oxygens (including phenoxy) is 2. The predicted octanol–water partition coefficient (Wildman–Crippen LogP) is 2.54. The molecule has 1 aromatic rings. The Bertz CT molecular complexity index is 268. The quantitative estimate of drug-likeness (QED) is 0.540. The van der Waals surface area contributed by atoms with Crippen molar-refractivity contribution in [2.24, 2.45) is 0 Å². The molecule has 14 heavy (non-hydrogen) atoms. The van der Waals surface area contributed by atoms with Crippen LogP contribution < -0.4 is 4.74 Å². The molecule has 3 nitrogen and oxygen atoms in total. The van der Waals surface area contributed by atoms with E-state index in [0.717, 1.165) is 13.0 Å². The van der Waals surface area contributed by atoms with Crippen LogP contribution in [0.4, 0.5) is 0 Å². The van der Waals surface area contributed by atoms with Gasteiger partial charge in [-0.15, -0.1) is 0 Å². The van der Waals surface area contributed by atoms with E-state index in [4.69, 9.17) is 21.1 Å². The van der Waals surface area contributed by atoms with E-state index < -0.39 is 0 Å². The Hall–Kier alpha value is -0.800. The molecule has 1 heterocycles. The minimum atomic E-state index is 0.392. The van der Waals surface area contributed by atoms with Crippen LogP contribution in [0, 0.1) is 0 Å². The van der Waals surface area contributed by atoms with Crippen molar-refractivity contribution >= 4 is 11.6 Å². The first-order chi connectivity index (χ1) is 6.84. The highest BCUT2D eigenvalue weighted by Crippen LogP contribution is 2.19. The zero-order chi connectivity index (χ0) is 10.2. The third-order valence-electron chi connectivity index (χ3n) is 1.56. The molecule has 1 aromatic heterocycles. The zero-order valence-corrected chi connectivity index (χ0v) is 8.96. The van der Waals surface area contributed by atoms with Crippen molar-refractivity contribution in [2.75, 3.05) is 19.8 Å². The lowest BCUT2D eigenvalue weighted by Crippen LogP contribution is -2.07. The molecule has 4 heteroatoms. The number of hydrogen-bond donors (Lipinski definition) is 0. The molecule has 78 valence electrons. The summed E-state index contributed by atoms with van der Waals surface area (Å²) in [6, 6.07) is 3.57. The molecule has 0 atom stereocenters. The maximum atomic E-state index is 5.79. The van der Waals surface area contributed by atoms with E-state index in [1.54, 1.807) is 18.3 Å². The van der Waals surface area contributed by atoms with Gasteiger partial charge in [0.15, 0.2) is 10.9 Å². The van der Waals surface area contributed by atoms with Crippen LogP contribution in [-0.4, -0.2) is 24.8 Å². The van der Waals surface area contributed by atoms with E-state index in [1.807, 2.05) is 0 Å². The van der Waals surface area contributed by atoms with Crippen LogP contribution in [0.3, 0.4) is 0 Å². The first-order valence-corrected chi connectivity index (χ1v) is 5.03. The Morgan fingerprint density at radius 3 is 2.93 bits per heavy atom. The van der Waals surface area contributed by atoms with Gasteiger partial charge in [-0.1, -0.05) is 18.5 Å². The average molecular weight is 216 g/mol. The van der Waals surface area contributed by atoms with Gasteiger partial charge in [-0.05, 0) is 18.6 Å². The van der Waals surface area contributed by atoms with E-state index >= 15 is 0 Å². The summed E-state index contributed by atoms with van der Waals surface area (Å²) >= 11 is 5.79. The van der Waals surface area contributed by atoms with Crippen molar-refractivity contribution in [3.8, 4) is 5.75 Å². The topological polar surface area (TPSA) is 31.4 Å². The number of rotatable bonds is 6. The Balaban J connectivity index is 2.21. The molecular weight excluding hydrogens is 202 g/mol. The second-order valence-electron chi connectivity index (χ2n) is 2.75. The summed E-state index contributed by atoms with van der Waals surface area (Å²) in [4.78, 5) is 3.89. The average Bonchev–Trinajstić information content (AvgIpc) is 2.20. The molecule has 0 amide bonds. The summed E-state index contributed by atoms with van der Waals surface area (Å²) < 4.78 is 10.6. The van der Waals surface area contributed by atoms with Crippen molar-refractivity contribution in [2.45, 2.75) is 13.3 Å². The fraction of sp³-hybridized carbons (Fsp3) is 0.500. The fourth-order valence-electron chi connectivity index (χ4n) is 0.936. The van der Waals surface area contributed by atoms with E-state index in [9.17, 15) is 0 Å². The highest BCUT2D eigenvalue weighted by atomic mass is 35.5. The Kier molecular flexibility index (Phi) is 5.33. The molecule has 0 aromatic carbocycles. The van der Waals surface area contributed by atoms with Crippen molar-refractivity contribution < 1.29 is 9.47 Å². The molecule has 0 unspecified atom stereocenters. The molecule has 0 saturated heterocycles. The van der Waals surface area contributed by atoms with Gasteiger partial charge in [0.25, 0.3) is 0 Å². The highest BCUT2D eigenvalue weighted by molar-refractivity contribution is 6.30. The number of pyridine rings is 1. The normalized spacial score (nSPS) is 10.1. The van der Waals surface area contributed by atoms with Gasteiger partial charge in [0.1, 0.15) is 6.61 Å². The minimum Gasteiger partial charge on any atom is -0.488 e. The Morgan fingerprint density at radius 1 is 1.36 bits per heavy atom. The third-order valence-corrected chi connectivity index (χ3v) is 1.84. The molecule has 0 aliphatic carbocycles. The van der Waals surface area contributed by atoms with E-state index in [2.05, 4.69) is 11.9 Å². The Labute approximate surface area is 89.0 Å². The van der Waals surface area contributed by atoms with E-state index in [-0.39, 0.29) is 0 Å². The van der Waals surface area contributed by atoms with Crippen LogP contribution in [0.15, 0.2) is 18.3 Å². The number of aromatic nitrogens is 1. The van der Waals surface area contributed by atoms with Crippen molar-refractivity contribution in [1.29, 1.82) is 0 Å². The van der Waals surface area contributed by atoms with Crippen LogP contribution in [0.25, 0.3) is 0 Å². The van der Waals surface area contributed by atoms with Crippen LogP contribution in [0.2, 0.25) is 5.15 Å². The molecule has 0 radical (unpaired) electrons. The van der Waals surface area contributed by atoms with Gasteiger partial charge in [0.05, 0.1) is 6.61 Å². The van der Waals surface area contributed by atoms with E-state index in [0.29, 0.717) is 24.1 Å². The fourth-order valence-corrected chi connectivity index (χ4v) is 1.11. The molecular formula is C10H14ClNO2. The Morgan fingerprint density at radius 2 is 2.21 bits per heavy atom. The van der Waals surface area contributed by atoms with E-state index in [1.165, 1.54) is 0 Å². The standard InChI is InChI=1S/C10H14ClNO2/c1-2-6-13-7-8-14-9-4-3-5-12-10(9)11/h3-5H,2,6-8H2,1H3. The first kappa shape index (κ1) is 11.3. The number of halogens is 1. The van der Waals surface area contributed by atoms with Gasteiger partial charge in [0, 0.05) is 12.8 Å². The van der Waals surface area contributed by atoms with Gasteiger partial charge in [-0.2, -0.15) is 0 Å². The van der Waals surface area contributed by atoms with Gasteiger partial charge >= 0.3 is 0 Å². The van der Waals surface area contributed by atoms with Crippen molar-refractivity contribution in [1.82, 2.24) is 4.98 Å². The lowest BCUT2D eigenvalue weighted by atomic mass is 10.5. The summed E-state index contributed by atoms with van der Waals surface area (Å²) in [6.45, 7) is 3.92. The molecule has 0 N–H and O–H groups in total. The largest absolute Gasteiger partial charge is 0.488 e. The molecule has 0 aliphatic rings. The number of hydrogen-bond acceptors (Lipinski definition) is 3. The van der Waals surface area contributed by atoms with Crippen LogP contribution >= 0.6 is 11.6 Å². The molecule has 0 spiro atoms. The molecule has 0 aliphatic heterocycles. The van der Waals surface area contributed by atoms with Crippen LogP contribution in [0.5, 0.6) is 5.75 Å². The summed E-state index contributed by atoms with van der Waals surface area (Å²) in [5, 5.41) is 0.392. The van der Waals surface area contributed by atoms with Gasteiger partial charge in [-0.25, -0.2) is 4.98 Å². The van der Waals surface area contributed by atoms with Gasteiger partial charge in [0.2, 0.25) is 0 Å². The molecule has 0 saturated carbocycles. The number of nitrogens with zero attached hydrogens (tertiary/aromatic N) is 1. The lowest BCUT2D eigenvalue weighted by molar-refractivity contribution is 0.101.